The molecule has 2 saturated heterocycles. The van der Waals surface area contributed by atoms with E-state index in [0.717, 1.165) is 63.8 Å². The van der Waals surface area contributed by atoms with Crippen LogP contribution in [0.25, 0.3) is 44.5 Å². The molecule has 3 aromatic carbocycles. The number of H-pyrrole nitrogens is 2. The van der Waals surface area contributed by atoms with Gasteiger partial charge >= 0.3 is 12.2 Å². The van der Waals surface area contributed by atoms with Crippen LogP contribution in [-0.2, 0) is 19.1 Å². The van der Waals surface area contributed by atoms with E-state index in [0.29, 0.717) is 36.7 Å². The largest absolute Gasteiger partial charge is 0.453 e. The molecule has 4 amide bonds. The molecule has 0 spiro atoms. The lowest BCUT2D eigenvalue weighted by atomic mass is 10.0. The number of hydrogen-bond acceptors (Lipinski definition) is 10. The number of likely N-dealkylation sites (tertiary alicyclic amines) is 2. The zero-order valence-corrected chi connectivity index (χ0v) is 34.0. The van der Waals surface area contributed by atoms with Gasteiger partial charge in [0.05, 0.1) is 61.9 Å². The van der Waals surface area contributed by atoms with Crippen LogP contribution in [0.1, 0.15) is 67.9 Å². The number of hydrogen-bond donors (Lipinski definition) is 5. The molecule has 2 aliphatic heterocycles. The molecule has 5 heterocycles. The van der Waals surface area contributed by atoms with Crippen molar-refractivity contribution in [2.75, 3.05) is 27.3 Å². The Balaban J connectivity index is 0.943. The molecule has 1 unspecified atom stereocenters. The summed E-state index contributed by atoms with van der Waals surface area (Å²) in [6.07, 6.45) is 5.79. The molecule has 2 aliphatic rings. The SMILES string of the molecule is COC(=O)NC(C(=O)N1CCC[C@H]1c1ncc(-c2ccc(-c3cc4ccc(-c5cnc([C@@H]6CCCN6C(=O)[C@H](NC(=O)OC)c6ccccc6)[nH]5)cc4cn3)cc2)[nH]1)[C@@H](C)O. The third kappa shape index (κ3) is 8.52. The molecule has 16 nitrogen and oxygen atoms in total. The number of imidazole rings is 2. The summed E-state index contributed by atoms with van der Waals surface area (Å²) in [6, 6.07) is 22.7. The van der Waals surface area contributed by atoms with Crippen molar-refractivity contribution in [3.8, 4) is 33.8 Å². The van der Waals surface area contributed by atoms with Crippen LogP contribution in [0.2, 0.25) is 0 Å². The number of fused-ring (bicyclic) bond motifs is 1. The normalized spacial score (nSPS) is 17.8. The maximum absolute atomic E-state index is 13.9. The fourth-order valence-corrected chi connectivity index (χ4v) is 8.25. The number of carbonyl (C=O) groups is 4. The van der Waals surface area contributed by atoms with Gasteiger partial charge in [0, 0.05) is 35.8 Å². The number of ether oxygens (including phenoxy) is 2. The average molecular weight is 826 g/mol. The molecule has 314 valence electrons. The number of aromatic amines is 2. The number of aliphatic hydroxyl groups excluding tert-OH is 1. The summed E-state index contributed by atoms with van der Waals surface area (Å²) in [7, 11) is 2.48. The molecule has 5 N–H and O–H groups in total. The maximum atomic E-state index is 13.9. The number of alkyl carbamates (subject to hydrolysis) is 2. The van der Waals surface area contributed by atoms with Crippen molar-refractivity contribution in [1.82, 2.24) is 45.4 Å². The number of methoxy groups -OCH3 is 2. The molecule has 0 aliphatic carbocycles. The Labute approximate surface area is 351 Å². The first-order valence-corrected chi connectivity index (χ1v) is 20.3. The lowest BCUT2D eigenvalue weighted by Crippen LogP contribution is -2.53. The Hall–Kier alpha value is -7.07. The van der Waals surface area contributed by atoms with Crippen LogP contribution < -0.4 is 10.6 Å². The number of benzene rings is 3. The molecule has 0 saturated carbocycles. The third-order valence-electron chi connectivity index (χ3n) is 11.5. The Bertz CT molecular complexity index is 2540. The summed E-state index contributed by atoms with van der Waals surface area (Å²) in [5, 5.41) is 17.4. The monoisotopic (exact) mass is 825 g/mol. The molecule has 5 atom stereocenters. The lowest BCUT2D eigenvalue weighted by molar-refractivity contribution is -0.137. The number of rotatable bonds is 11. The Morgan fingerprint density at radius 3 is 1.89 bits per heavy atom. The van der Waals surface area contributed by atoms with Crippen molar-refractivity contribution >= 4 is 34.8 Å². The Morgan fingerprint density at radius 1 is 0.689 bits per heavy atom. The van der Waals surface area contributed by atoms with Gasteiger partial charge in [-0.05, 0) is 61.3 Å². The van der Waals surface area contributed by atoms with Crippen molar-refractivity contribution < 1.29 is 33.8 Å². The number of pyridine rings is 1. The molecule has 2 fully saturated rings. The average Bonchev–Trinajstić information content (AvgIpc) is 4.14. The van der Waals surface area contributed by atoms with E-state index < -0.39 is 36.3 Å². The van der Waals surface area contributed by atoms with Crippen molar-refractivity contribution in [1.29, 1.82) is 0 Å². The van der Waals surface area contributed by atoms with Crippen LogP contribution in [0.3, 0.4) is 0 Å². The van der Waals surface area contributed by atoms with E-state index in [9.17, 15) is 24.3 Å². The molecule has 3 aromatic heterocycles. The highest BCUT2D eigenvalue weighted by Crippen LogP contribution is 2.36. The number of nitrogens with one attached hydrogen (secondary N) is 4. The van der Waals surface area contributed by atoms with Gasteiger partial charge in [0.25, 0.3) is 5.91 Å². The minimum absolute atomic E-state index is 0.225. The van der Waals surface area contributed by atoms with E-state index in [2.05, 4.69) is 48.5 Å². The van der Waals surface area contributed by atoms with Gasteiger partial charge in [-0.2, -0.15) is 0 Å². The zero-order chi connectivity index (χ0) is 42.6. The predicted molar refractivity (Wildman–Crippen MR) is 225 cm³/mol. The highest BCUT2D eigenvalue weighted by atomic mass is 16.5. The quantitative estimate of drug-likeness (QED) is 0.0998. The van der Waals surface area contributed by atoms with E-state index in [1.165, 1.54) is 21.1 Å². The summed E-state index contributed by atoms with van der Waals surface area (Å²) in [5.41, 5.74) is 5.88. The summed E-state index contributed by atoms with van der Waals surface area (Å²) in [4.78, 5) is 75.8. The van der Waals surface area contributed by atoms with Crippen LogP contribution in [-0.4, -0.2) is 103 Å². The first kappa shape index (κ1) is 40.7. The summed E-state index contributed by atoms with van der Waals surface area (Å²) >= 11 is 0. The standard InChI is InChI=1S/C45H47N9O7/c1-26(55)38(51-44(58)60-2)42(56)53-19-7-11-36(53)40-47-24-34(49-40)28-15-13-27(14-16-28)33-22-30-17-18-31(21-32(30)23-46-33)35-25-48-41(50-35)37-12-8-20-54(37)43(57)39(52-45(59)61-3)29-9-5-4-6-10-29/h4-6,9-10,13-18,21-26,36-39,55H,7-8,11-12,19-20H2,1-3H3,(H,47,49)(H,48,50)(H,51,58)(H,52,59)/t26-,36+,37+,38?,39-/m1/s1. The van der Waals surface area contributed by atoms with Gasteiger partial charge in [-0.15, -0.1) is 0 Å². The fourth-order valence-electron chi connectivity index (χ4n) is 8.25. The minimum Gasteiger partial charge on any atom is -0.453 e. The Kier molecular flexibility index (Phi) is 11.8. The number of carbonyl (C=O) groups excluding carboxylic acids is 4. The number of nitrogens with zero attached hydrogens (tertiary/aromatic N) is 5. The number of aliphatic hydroxyl groups is 1. The third-order valence-corrected chi connectivity index (χ3v) is 11.5. The highest BCUT2D eigenvalue weighted by Gasteiger charge is 2.39. The van der Waals surface area contributed by atoms with Gasteiger partial charge in [0.2, 0.25) is 5.91 Å². The van der Waals surface area contributed by atoms with Gasteiger partial charge in [-0.25, -0.2) is 19.6 Å². The van der Waals surface area contributed by atoms with Crippen LogP contribution >= 0.6 is 0 Å². The van der Waals surface area contributed by atoms with Crippen molar-refractivity contribution in [2.45, 2.75) is 62.9 Å². The van der Waals surface area contributed by atoms with E-state index >= 15 is 0 Å². The van der Waals surface area contributed by atoms with E-state index in [4.69, 9.17) is 14.7 Å². The number of amides is 4. The van der Waals surface area contributed by atoms with Crippen LogP contribution in [0.5, 0.6) is 0 Å². The van der Waals surface area contributed by atoms with E-state index in [1.54, 1.807) is 22.2 Å². The molecular weight excluding hydrogens is 779 g/mol. The van der Waals surface area contributed by atoms with Gasteiger partial charge in [0.15, 0.2) is 0 Å². The van der Waals surface area contributed by atoms with Crippen LogP contribution in [0.4, 0.5) is 9.59 Å². The smallest absolute Gasteiger partial charge is 0.407 e. The highest BCUT2D eigenvalue weighted by molar-refractivity contribution is 5.90. The van der Waals surface area contributed by atoms with Gasteiger partial charge in [0.1, 0.15) is 23.7 Å². The second-order valence-corrected chi connectivity index (χ2v) is 15.3. The second-order valence-electron chi connectivity index (χ2n) is 15.3. The molecule has 0 bridgehead atoms. The molecule has 16 heteroatoms. The van der Waals surface area contributed by atoms with Crippen molar-refractivity contribution in [3.63, 3.8) is 0 Å². The molecular formula is C45H47N9O7. The molecule has 0 radical (unpaired) electrons. The minimum atomic E-state index is -1.14. The van der Waals surface area contributed by atoms with Crippen molar-refractivity contribution in [3.05, 3.63) is 115 Å². The first-order chi connectivity index (χ1) is 29.6. The van der Waals surface area contributed by atoms with E-state index in [1.807, 2.05) is 66.9 Å². The second kappa shape index (κ2) is 17.6. The number of aromatic nitrogens is 5. The summed E-state index contributed by atoms with van der Waals surface area (Å²) in [5.74, 6) is 0.690. The van der Waals surface area contributed by atoms with Crippen molar-refractivity contribution in [2.24, 2.45) is 0 Å². The zero-order valence-electron chi connectivity index (χ0n) is 34.0. The van der Waals surface area contributed by atoms with E-state index in [-0.39, 0.29) is 18.0 Å². The molecule has 61 heavy (non-hydrogen) atoms. The van der Waals surface area contributed by atoms with Gasteiger partial charge in [-0.3, -0.25) is 14.6 Å². The van der Waals surface area contributed by atoms with Crippen LogP contribution in [0, 0.1) is 0 Å². The molecule has 6 aromatic rings. The maximum Gasteiger partial charge on any atom is 0.407 e. The van der Waals surface area contributed by atoms with Gasteiger partial charge < -0.3 is 45.0 Å². The predicted octanol–water partition coefficient (Wildman–Crippen LogP) is 6.21. The fraction of sp³-hybridized carbons (Fsp3) is 0.311. The summed E-state index contributed by atoms with van der Waals surface area (Å²) in [6.45, 7) is 2.47. The first-order valence-electron chi connectivity index (χ1n) is 20.3. The summed E-state index contributed by atoms with van der Waals surface area (Å²) < 4.78 is 9.48. The molecule has 8 rings (SSSR count). The lowest BCUT2D eigenvalue weighted by Gasteiger charge is -2.29. The Morgan fingerprint density at radius 2 is 1.26 bits per heavy atom. The van der Waals surface area contributed by atoms with Crippen LogP contribution in [0.15, 0.2) is 97.5 Å². The van der Waals surface area contributed by atoms with Gasteiger partial charge in [-0.1, -0.05) is 66.7 Å². The topological polar surface area (TPSA) is 208 Å².